The second-order valence-corrected chi connectivity index (χ2v) is 5.34. The Morgan fingerprint density at radius 2 is 1.85 bits per heavy atom. The minimum atomic E-state index is -0.212. The summed E-state index contributed by atoms with van der Waals surface area (Å²) in [5.74, 6) is -0.290. The lowest BCUT2D eigenvalue weighted by Crippen LogP contribution is -2.34. The predicted molar refractivity (Wildman–Crippen MR) is 110 cm³/mol. The van der Waals surface area contributed by atoms with Gasteiger partial charge in [-0.15, -0.1) is 24.8 Å². The van der Waals surface area contributed by atoms with Crippen molar-refractivity contribution in [3.05, 3.63) is 59.9 Å². The van der Waals surface area contributed by atoms with Gasteiger partial charge < -0.3 is 20.7 Å². The molecule has 3 N–H and O–H groups in total. The summed E-state index contributed by atoms with van der Waals surface area (Å²) in [7, 11) is 1.62. The molecule has 148 valence electrons. The Morgan fingerprint density at radius 1 is 1.11 bits per heavy atom. The molecule has 0 saturated carbocycles. The fourth-order valence-corrected chi connectivity index (χ4v) is 2.05. The third kappa shape index (κ3) is 9.35. The average Bonchev–Trinajstić information content (AvgIpc) is 2.65. The van der Waals surface area contributed by atoms with Crippen molar-refractivity contribution in [1.82, 2.24) is 15.6 Å². The Hall–Kier alpha value is -2.19. The van der Waals surface area contributed by atoms with Gasteiger partial charge in [0.25, 0.3) is 5.91 Å². The van der Waals surface area contributed by atoms with E-state index >= 15 is 0 Å². The fourth-order valence-electron chi connectivity index (χ4n) is 2.05. The quantitative estimate of drug-likeness (QED) is 0.545. The van der Waals surface area contributed by atoms with Crippen molar-refractivity contribution in [2.24, 2.45) is 0 Å². The van der Waals surface area contributed by atoms with Crippen molar-refractivity contribution in [3.8, 4) is 0 Å². The van der Waals surface area contributed by atoms with E-state index in [1.807, 2.05) is 12.1 Å². The molecule has 1 aromatic heterocycles. The first kappa shape index (κ1) is 24.8. The first-order chi connectivity index (χ1) is 12.2. The van der Waals surface area contributed by atoms with E-state index in [0.29, 0.717) is 30.9 Å². The van der Waals surface area contributed by atoms with Crippen LogP contribution in [0.15, 0.2) is 48.8 Å². The number of amides is 2. The molecule has 0 aliphatic rings. The number of ether oxygens (including phenoxy) is 1. The molecule has 7 nitrogen and oxygen atoms in total. The van der Waals surface area contributed by atoms with Gasteiger partial charge in [0.05, 0.1) is 18.7 Å². The molecule has 0 atom stereocenters. The Balaban J connectivity index is 0.00000338. The van der Waals surface area contributed by atoms with Crippen LogP contribution in [0.4, 0.5) is 5.69 Å². The topological polar surface area (TPSA) is 92.4 Å². The molecule has 0 bridgehead atoms. The lowest BCUT2D eigenvalue weighted by Gasteiger charge is -2.08. The van der Waals surface area contributed by atoms with Crippen LogP contribution in [0.3, 0.4) is 0 Å². The molecule has 0 aliphatic carbocycles. The second-order valence-electron chi connectivity index (χ2n) is 5.34. The van der Waals surface area contributed by atoms with E-state index in [0.717, 1.165) is 5.56 Å². The van der Waals surface area contributed by atoms with Gasteiger partial charge in [-0.2, -0.15) is 0 Å². The number of benzene rings is 1. The van der Waals surface area contributed by atoms with Crippen LogP contribution >= 0.6 is 24.8 Å². The third-order valence-corrected chi connectivity index (χ3v) is 3.39. The maximum Gasteiger partial charge on any atom is 0.257 e. The molecular weight excluding hydrogens is 391 g/mol. The Bertz CT molecular complexity index is 685. The molecular formula is C18H24Cl2N4O3. The normalized spacial score (nSPS) is 9.52. The first-order valence-corrected chi connectivity index (χ1v) is 7.95. The van der Waals surface area contributed by atoms with Crippen molar-refractivity contribution >= 4 is 42.3 Å². The molecule has 2 rings (SSSR count). The van der Waals surface area contributed by atoms with Gasteiger partial charge in [-0.05, 0) is 29.8 Å². The van der Waals surface area contributed by atoms with Crippen LogP contribution in [0, 0.1) is 0 Å². The summed E-state index contributed by atoms with van der Waals surface area (Å²) in [6.45, 7) is 1.89. The van der Waals surface area contributed by atoms with E-state index in [1.165, 1.54) is 6.20 Å². The molecule has 0 unspecified atom stereocenters. The molecule has 0 aliphatic heterocycles. The Kier molecular flexibility index (Phi) is 12.8. The molecule has 2 aromatic rings. The lowest BCUT2D eigenvalue weighted by atomic mass is 10.2. The van der Waals surface area contributed by atoms with Crippen molar-refractivity contribution in [2.45, 2.75) is 6.54 Å². The van der Waals surface area contributed by atoms with E-state index in [4.69, 9.17) is 4.74 Å². The number of nitrogens with zero attached hydrogens (tertiary/aromatic N) is 1. The Morgan fingerprint density at radius 3 is 2.48 bits per heavy atom. The predicted octanol–water partition coefficient (Wildman–Crippen LogP) is 2.03. The van der Waals surface area contributed by atoms with Crippen LogP contribution < -0.4 is 16.0 Å². The van der Waals surface area contributed by atoms with Crippen LogP contribution in [-0.2, 0) is 16.1 Å². The highest BCUT2D eigenvalue weighted by Crippen LogP contribution is 2.11. The number of pyridine rings is 1. The minimum absolute atomic E-state index is 0. The molecule has 0 saturated heterocycles. The van der Waals surface area contributed by atoms with Crippen LogP contribution in [0.2, 0.25) is 0 Å². The maximum absolute atomic E-state index is 12.0. The van der Waals surface area contributed by atoms with Gasteiger partial charge in [0, 0.05) is 38.3 Å². The zero-order chi connectivity index (χ0) is 17.9. The molecule has 27 heavy (non-hydrogen) atoms. The highest BCUT2D eigenvalue weighted by Gasteiger charge is 2.06. The van der Waals surface area contributed by atoms with Gasteiger partial charge in [0.1, 0.15) is 0 Å². The van der Waals surface area contributed by atoms with Crippen molar-refractivity contribution in [2.75, 3.05) is 32.1 Å². The van der Waals surface area contributed by atoms with Gasteiger partial charge in [-0.3, -0.25) is 14.6 Å². The van der Waals surface area contributed by atoms with Gasteiger partial charge in [0.15, 0.2) is 0 Å². The zero-order valence-corrected chi connectivity index (χ0v) is 16.6. The van der Waals surface area contributed by atoms with E-state index in [1.54, 1.807) is 37.6 Å². The second kappa shape index (κ2) is 13.9. The molecule has 0 spiro atoms. The monoisotopic (exact) mass is 414 g/mol. The average molecular weight is 415 g/mol. The molecule has 2 amide bonds. The number of hydrogen-bond acceptors (Lipinski definition) is 5. The largest absolute Gasteiger partial charge is 0.383 e. The summed E-state index contributed by atoms with van der Waals surface area (Å²) >= 11 is 0. The first-order valence-electron chi connectivity index (χ1n) is 7.95. The minimum Gasteiger partial charge on any atom is -0.383 e. The third-order valence-electron chi connectivity index (χ3n) is 3.39. The summed E-state index contributed by atoms with van der Waals surface area (Å²) in [6, 6.07) is 10.7. The van der Waals surface area contributed by atoms with Crippen LogP contribution in [0.5, 0.6) is 0 Å². The number of hydrogen-bond donors (Lipinski definition) is 3. The van der Waals surface area contributed by atoms with E-state index in [2.05, 4.69) is 20.9 Å². The number of carbonyl (C=O) groups is 2. The van der Waals surface area contributed by atoms with Crippen molar-refractivity contribution in [3.63, 3.8) is 0 Å². The highest BCUT2D eigenvalue weighted by molar-refractivity contribution is 6.04. The highest BCUT2D eigenvalue weighted by atomic mass is 35.5. The number of methoxy groups -OCH3 is 1. The van der Waals surface area contributed by atoms with Crippen molar-refractivity contribution in [1.29, 1.82) is 0 Å². The SMILES string of the molecule is COCCNCC(=O)NCc1ccc(NC(=O)c2cccnc2)cc1.Cl.Cl. The number of halogens is 2. The summed E-state index contributed by atoms with van der Waals surface area (Å²) in [4.78, 5) is 27.6. The smallest absolute Gasteiger partial charge is 0.257 e. The van der Waals surface area contributed by atoms with Gasteiger partial charge >= 0.3 is 0 Å². The van der Waals surface area contributed by atoms with E-state index < -0.39 is 0 Å². The van der Waals surface area contributed by atoms with Crippen LogP contribution in [0.25, 0.3) is 0 Å². The van der Waals surface area contributed by atoms with E-state index in [9.17, 15) is 9.59 Å². The van der Waals surface area contributed by atoms with Crippen LogP contribution in [-0.4, -0.2) is 43.6 Å². The standard InChI is InChI=1S/C18H22N4O3.2ClH/c1-25-10-9-20-13-17(23)21-11-14-4-6-16(7-5-14)22-18(24)15-3-2-8-19-12-15;;/h2-8,12,20H,9-11,13H2,1H3,(H,21,23)(H,22,24);2*1H. The van der Waals surface area contributed by atoms with Gasteiger partial charge in [-0.1, -0.05) is 12.1 Å². The zero-order valence-electron chi connectivity index (χ0n) is 14.9. The summed E-state index contributed by atoms with van der Waals surface area (Å²) < 4.78 is 4.89. The fraction of sp³-hybridized carbons (Fsp3) is 0.278. The summed E-state index contributed by atoms with van der Waals surface area (Å²) in [5, 5.41) is 8.61. The molecule has 9 heteroatoms. The van der Waals surface area contributed by atoms with Crippen LogP contribution in [0.1, 0.15) is 15.9 Å². The Labute approximate surface area is 171 Å². The summed E-state index contributed by atoms with van der Waals surface area (Å²) in [6.07, 6.45) is 3.13. The number of aromatic nitrogens is 1. The van der Waals surface area contributed by atoms with E-state index in [-0.39, 0.29) is 43.2 Å². The lowest BCUT2D eigenvalue weighted by molar-refractivity contribution is -0.120. The van der Waals surface area contributed by atoms with Gasteiger partial charge in [0.2, 0.25) is 5.91 Å². The number of carbonyl (C=O) groups excluding carboxylic acids is 2. The molecule has 1 heterocycles. The number of rotatable bonds is 9. The molecule has 1 aromatic carbocycles. The number of nitrogens with one attached hydrogen (secondary N) is 3. The number of anilines is 1. The summed E-state index contributed by atoms with van der Waals surface area (Å²) in [5.41, 5.74) is 2.13. The van der Waals surface area contributed by atoms with Crippen molar-refractivity contribution < 1.29 is 14.3 Å². The molecule has 0 fully saturated rings. The maximum atomic E-state index is 12.0. The molecule has 0 radical (unpaired) electrons. The van der Waals surface area contributed by atoms with Gasteiger partial charge in [-0.25, -0.2) is 0 Å².